The quantitative estimate of drug-likeness (QED) is 0.848. The summed E-state index contributed by atoms with van der Waals surface area (Å²) >= 11 is 0. The van der Waals surface area contributed by atoms with Crippen LogP contribution in [0.1, 0.15) is 30.3 Å². The van der Waals surface area contributed by atoms with E-state index in [1.807, 2.05) is 30.3 Å². The first kappa shape index (κ1) is 13.2. The van der Waals surface area contributed by atoms with Crippen LogP contribution in [-0.4, -0.2) is 22.8 Å². The summed E-state index contributed by atoms with van der Waals surface area (Å²) in [6, 6.07) is 10.2. The number of hydrogen-bond donors (Lipinski definition) is 2. The number of hydrogen-bond acceptors (Lipinski definition) is 3. The molecule has 1 aromatic heterocycles. The molecule has 3 rings (SSSR count). The van der Waals surface area contributed by atoms with E-state index < -0.39 is 0 Å². The number of benzene rings is 1. The highest BCUT2D eigenvalue weighted by atomic mass is 16.5. The van der Waals surface area contributed by atoms with Crippen molar-refractivity contribution in [2.24, 2.45) is 0 Å². The summed E-state index contributed by atoms with van der Waals surface area (Å²) in [7, 11) is 0. The van der Waals surface area contributed by atoms with Crippen LogP contribution in [-0.2, 0) is 19.4 Å². The predicted molar refractivity (Wildman–Crippen MR) is 78.9 cm³/mol. The topological polar surface area (TPSA) is 49.9 Å². The first-order chi connectivity index (χ1) is 9.83. The number of aromatic nitrogens is 2. The molecule has 1 heterocycles. The lowest BCUT2D eigenvalue weighted by molar-refractivity contribution is 0.272. The molecule has 0 bridgehead atoms. The average Bonchev–Trinajstić information content (AvgIpc) is 3.07. The summed E-state index contributed by atoms with van der Waals surface area (Å²) in [4.78, 5) is 0. The molecule has 0 amide bonds. The molecule has 4 nitrogen and oxygen atoms in total. The fraction of sp³-hybridized carbons (Fsp3) is 0.438. The van der Waals surface area contributed by atoms with Gasteiger partial charge in [0.15, 0.2) is 0 Å². The molecule has 1 aliphatic rings. The Morgan fingerprint density at radius 3 is 3.00 bits per heavy atom. The number of ether oxygens (including phenoxy) is 1. The molecular weight excluding hydrogens is 250 g/mol. The summed E-state index contributed by atoms with van der Waals surface area (Å²) in [5, 5.41) is 11.0. The Kier molecular flexibility index (Phi) is 4.02. The second kappa shape index (κ2) is 6.09. The molecule has 0 spiro atoms. The molecule has 2 aromatic rings. The third kappa shape index (κ3) is 3.02. The van der Waals surface area contributed by atoms with Gasteiger partial charge in [-0.1, -0.05) is 18.2 Å². The Bertz CT molecular complexity index is 550. The molecule has 106 valence electrons. The maximum atomic E-state index is 5.74. The van der Waals surface area contributed by atoms with E-state index in [1.54, 1.807) is 0 Å². The van der Waals surface area contributed by atoms with Gasteiger partial charge in [-0.2, -0.15) is 5.10 Å². The van der Waals surface area contributed by atoms with Gasteiger partial charge in [0, 0.05) is 18.3 Å². The lowest BCUT2D eigenvalue weighted by Gasteiger charge is -2.14. The lowest BCUT2D eigenvalue weighted by Crippen LogP contribution is -2.31. The van der Waals surface area contributed by atoms with E-state index in [4.69, 9.17) is 4.74 Å². The van der Waals surface area contributed by atoms with E-state index >= 15 is 0 Å². The number of aromatic amines is 1. The smallest absolute Gasteiger partial charge is 0.119 e. The van der Waals surface area contributed by atoms with E-state index in [9.17, 15) is 0 Å². The maximum Gasteiger partial charge on any atom is 0.119 e. The first-order valence-corrected chi connectivity index (χ1v) is 7.29. The standard InChI is InChI=1S/C16H21N3O/c1-12(11-20-13-6-3-2-4-7-13)17-10-16-14-8-5-9-15(14)18-19-16/h2-4,6-7,12,17H,5,8-11H2,1H3,(H,18,19)/t12-/m0/s1. The van der Waals surface area contributed by atoms with E-state index in [0.717, 1.165) is 25.1 Å². The van der Waals surface area contributed by atoms with Gasteiger partial charge in [0.2, 0.25) is 0 Å². The molecule has 0 unspecified atom stereocenters. The summed E-state index contributed by atoms with van der Waals surface area (Å²) in [5.74, 6) is 0.918. The van der Waals surface area contributed by atoms with Gasteiger partial charge in [-0.15, -0.1) is 0 Å². The molecule has 0 saturated heterocycles. The van der Waals surface area contributed by atoms with E-state index in [1.165, 1.54) is 23.4 Å². The van der Waals surface area contributed by atoms with Crippen LogP contribution >= 0.6 is 0 Å². The molecule has 0 aliphatic heterocycles. The molecule has 0 fully saturated rings. The van der Waals surface area contributed by atoms with Crippen LogP contribution in [0.15, 0.2) is 30.3 Å². The van der Waals surface area contributed by atoms with Crippen molar-refractivity contribution in [3.05, 3.63) is 47.3 Å². The van der Waals surface area contributed by atoms with Crippen LogP contribution in [0.2, 0.25) is 0 Å². The Labute approximate surface area is 119 Å². The Hall–Kier alpha value is -1.81. The van der Waals surface area contributed by atoms with Crippen molar-refractivity contribution in [2.75, 3.05) is 6.61 Å². The zero-order chi connectivity index (χ0) is 13.8. The number of fused-ring (bicyclic) bond motifs is 1. The number of nitrogens with one attached hydrogen (secondary N) is 2. The minimum absolute atomic E-state index is 0.295. The summed E-state index contributed by atoms with van der Waals surface area (Å²) in [6.45, 7) is 3.61. The van der Waals surface area contributed by atoms with Crippen LogP contribution in [0.25, 0.3) is 0 Å². The third-order valence-corrected chi connectivity index (χ3v) is 3.75. The predicted octanol–water partition coefficient (Wildman–Crippen LogP) is 2.46. The van der Waals surface area contributed by atoms with Gasteiger partial charge in [0.25, 0.3) is 0 Å². The zero-order valence-corrected chi connectivity index (χ0v) is 11.9. The van der Waals surface area contributed by atoms with Crippen molar-refractivity contribution in [1.29, 1.82) is 0 Å². The molecule has 4 heteroatoms. The highest BCUT2D eigenvalue weighted by Crippen LogP contribution is 2.22. The van der Waals surface area contributed by atoms with Crippen LogP contribution < -0.4 is 10.1 Å². The number of nitrogens with zero attached hydrogens (tertiary/aromatic N) is 1. The van der Waals surface area contributed by atoms with Crippen LogP contribution in [0.3, 0.4) is 0 Å². The van der Waals surface area contributed by atoms with Gasteiger partial charge in [0.05, 0.1) is 5.69 Å². The second-order valence-electron chi connectivity index (χ2n) is 5.39. The minimum atomic E-state index is 0.295. The van der Waals surface area contributed by atoms with E-state index in [2.05, 4.69) is 22.4 Å². The molecule has 0 saturated carbocycles. The molecule has 1 aromatic carbocycles. The van der Waals surface area contributed by atoms with Gasteiger partial charge in [0.1, 0.15) is 12.4 Å². The van der Waals surface area contributed by atoms with Crippen molar-refractivity contribution < 1.29 is 4.74 Å². The second-order valence-corrected chi connectivity index (χ2v) is 5.39. The highest BCUT2D eigenvalue weighted by molar-refractivity contribution is 5.29. The molecule has 20 heavy (non-hydrogen) atoms. The Morgan fingerprint density at radius 1 is 1.30 bits per heavy atom. The normalized spacial score (nSPS) is 15.1. The fourth-order valence-electron chi connectivity index (χ4n) is 2.60. The number of rotatable bonds is 6. The van der Waals surface area contributed by atoms with Crippen molar-refractivity contribution >= 4 is 0 Å². The fourth-order valence-corrected chi connectivity index (χ4v) is 2.60. The van der Waals surface area contributed by atoms with Crippen molar-refractivity contribution in [1.82, 2.24) is 15.5 Å². The summed E-state index contributed by atoms with van der Waals surface area (Å²) in [6.07, 6.45) is 3.57. The van der Waals surface area contributed by atoms with Gasteiger partial charge < -0.3 is 10.1 Å². The van der Waals surface area contributed by atoms with E-state index in [0.29, 0.717) is 12.6 Å². The van der Waals surface area contributed by atoms with Gasteiger partial charge in [-0.25, -0.2) is 0 Å². The molecule has 2 N–H and O–H groups in total. The maximum absolute atomic E-state index is 5.74. The largest absolute Gasteiger partial charge is 0.492 e. The number of para-hydroxylation sites is 1. The Morgan fingerprint density at radius 2 is 2.15 bits per heavy atom. The monoisotopic (exact) mass is 271 g/mol. The van der Waals surface area contributed by atoms with E-state index in [-0.39, 0.29) is 0 Å². The Balaban J connectivity index is 1.46. The zero-order valence-electron chi connectivity index (χ0n) is 11.9. The molecular formula is C16H21N3O. The van der Waals surface area contributed by atoms with Gasteiger partial charge >= 0.3 is 0 Å². The molecule has 0 radical (unpaired) electrons. The summed E-state index contributed by atoms with van der Waals surface area (Å²) < 4.78 is 5.74. The van der Waals surface area contributed by atoms with Crippen LogP contribution in [0.5, 0.6) is 5.75 Å². The van der Waals surface area contributed by atoms with Crippen molar-refractivity contribution in [3.8, 4) is 5.75 Å². The molecule has 1 atom stereocenters. The molecule has 1 aliphatic carbocycles. The number of aryl methyl sites for hydroxylation is 1. The first-order valence-electron chi connectivity index (χ1n) is 7.29. The highest BCUT2D eigenvalue weighted by Gasteiger charge is 2.18. The van der Waals surface area contributed by atoms with Crippen LogP contribution in [0, 0.1) is 0 Å². The minimum Gasteiger partial charge on any atom is -0.492 e. The third-order valence-electron chi connectivity index (χ3n) is 3.75. The lowest BCUT2D eigenvalue weighted by atomic mass is 10.2. The van der Waals surface area contributed by atoms with Crippen molar-refractivity contribution in [3.63, 3.8) is 0 Å². The average molecular weight is 271 g/mol. The van der Waals surface area contributed by atoms with Gasteiger partial charge in [-0.05, 0) is 43.9 Å². The van der Waals surface area contributed by atoms with Gasteiger partial charge in [-0.3, -0.25) is 5.10 Å². The number of H-pyrrole nitrogens is 1. The van der Waals surface area contributed by atoms with Crippen molar-refractivity contribution in [2.45, 2.75) is 38.8 Å². The SMILES string of the molecule is C[C@@H](COc1ccccc1)NCc1n[nH]c2c1CCC2. The van der Waals surface area contributed by atoms with Crippen LogP contribution in [0.4, 0.5) is 0 Å². The summed E-state index contributed by atoms with van der Waals surface area (Å²) in [5.41, 5.74) is 3.92.